The van der Waals surface area contributed by atoms with Crippen molar-refractivity contribution in [2.75, 3.05) is 13.7 Å². The number of methoxy groups -OCH3 is 1. The molecule has 0 spiro atoms. The second kappa shape index (κ2) is 5.32. The van der Waals surface area contributed by atoms with Crippen molar-refractivity contribution in [2.24, 2.45) is 0 Å². The Balaban J connectivity index is 1.89. The molecule has 0 heterocycles. The summed E-state index contributed by atoms with van der Waals surface area (Å²) in [7, 11) is 1.64. The smallest absolute Gasteiger partial charge is 0.119 e. The van der Waals surface area contributed by atoms with Crippen LogP contribution in [0.1, 0.15) is 30.9 Å². The van der Waals surface area contributed by atoms with Crippen molar-refractivity contribution in [2.45, 2.75) is 31.5 Å². The lowest BCUT2D eigenvalue weighted by atomic mass is 10.1. The van der Waals surface area contributed by atoms with E-state index < -0.39 is 6.10 Å². The molecule has 3 nitrogen and oxygen atoms in total. The van der Waals surface area contributed by atoms with Gasteiger partial charge in [-0.25, -0.2) is 0 Å². The van der Waals surface area contributed by atoms with Gasteiger partial charge in [0.1, 0.15) is 5.75 Å². The Labute approximate surface area is 96.0 Å². The molecule has 1 saturated carbocycles. The Morgan fingerprint density at radius 3 is 2.56 bits per heavy atom. The largest absolute Gasteiger partial charge is 0.490 e. The molecule has 16 heavy (non-hydrogen) atoms. The van der Waals surface area contributed by atoms with Crippen LogP contribution in [0.4, 0.5) is 0 Å². The maximum atomic E-state index is 9.82. The average Bonchev–Trinajstić information content (AvgIpc) is 3.11. The molecule has 1 N–H and O–H groups in total. The van der Waals surface area contributed by atoms with E-state index in [1.165, 1.54) is 0 Å². The number of benzene rings is 1. The van der Waals surface area contributed by atoms with Crippen LogP contribution in [0.2, 0.25) is 0 Å². The van der Waals surface area contributed by atoms with Crippen molar-refractivity contribution in [3.05, 3.63) is 29.8 Å². The molecule has 88 valence electrons. The van der Waals surface area contributed by atoms with Crippen LogP contribution in [0.5, 0.6) is 5.75 Å². The zero-order chi connectivity index (χ0) is 11.4. The SMILES string of the molecule is COCCC(O)c1ccc(OC2CC2)cc1. The quantitative estimate of drug-likeness (QED) is 0.802. The maximum Gasteiger partial charge on any atom is 0.119 e. The summed E-state index contributed by atoms with van der Waals surface area (Å²) in [6, 6.07) is 7.67. The standard InChI is InChI=1S/C13H18O3/c1-15-9-8-13(14)10-2-4-11(5-3-10)16-12-6-7-12/h2-5,12-14H,6-9H2,1H3. The van der Waals surface area contributed by atoms with Gasteiger partial charge < -0.3 is 14.6 Å². The topological polar surface area (TPSA) is 38.7 Å². The van der Waals surface area contributed by atoms with E-state index in [4.69, 9.17) is 9.47 Å². The van der Waals surface area contributed by atoms with Crippen LogP contribution in [0, 0.1) is 0 Å². The molecule has 0 radical (unpaired) electrons. The average molecular weight is 222 g/mol. The normalized spacial score (nSPS) is 17.1. The Kier molecular flexibility index (Phi) is 3.80. The fourth-order valence-corrected chi connectivity index (χ4v) is 1.54. The van der Waals surface area contributed by atoms with Crippen LogP contribution >= 0.6 is 0 Å². The Morgan fingerprint density at radius 2 is 2.00 bits per heavy atom. The minimum Gasteiger partial charge on any atom is -0.490 e. The third-order valence-corrected chi connectivity index (χ3v) is 2.69. The number of hydrogen-bond acceptors (Lipinski definition) is 3. The number of ether oxygens (including phenoxy) is 2. The monoisotopic (exact) mass is 222 g/mol. The van der Waals surface area contributed by atoms with Crippen LogP contribution in [-0.2, 0) is 4.74 Å². The van der Waals surface area contributed by atoms with E-state index in [1.54, 1.807) is 7.11 Å². The molecular weight excluding hydrogens is 204 g/mol. The molecule has 2 rings (SSSR count). The third-order valence-electron chi connectivity index (χ3n) is 2.69. The van der Waals surface area contributed by atoms with Crippen molar-refractivity contribution in [1.29, 1.82) is 0 Å². The first-order valence-corrected chi connectivity index (χ1v) is 5.73. The van der Waals surface area contributed by atoms with E-state index >= 15 is 0 Å². The number of hydrogen-bond donors (Lipinski definition) is 1. The van der Waals surface area contributed by atoms with E-state index in [2.05, 4.69) is 0 Å². The molecular formula is C13H18O3. The van der Waals surface area contributed by atoms with Gasteiger partial charge in [0.15, 0.2) is 0 Å². The van der Waals surface area contributed by atoms with Crippen LogP contribution in [0.15, 0.2) is 24.3 Å². The van der Waals surface area contributed by atoms with Crippen LogP contribution in [-0.4, -0.2) is 24.9 Å². The molecule has 1 fully saturated rings. The molecule has 1 aliphatic rings. The van der Waals surface area contributed by atoms with Gasteiger partial charge in [0.05, 0.1) is 12.2 Å². The summed E-state index contributed by atoms with van der Waals surface area (Å²) < 4.78 is 10.6. The van der Waals surface area contributed by atoms with Gasteiger partial charge in [0, 0.05) is 20.1 Å². The highest BCUT2D eigenvalue weighted by molar-refractivity contribution is 5.29. The van der Waals surface area contributed by atoms with Gasteiger partial charge in [-0.15, -0.1) is 0 Å². The first kappa shape index (κ1) is 11.4. The van der Waals surface area contributed by atoms with Crippen molar-refractivity contribution in [1.82, 2.24) is 0 Å². The first-order valence-electron chi connectivity index (χ1n) is 5.73. The van der Waals surface area contributed by atoms with E-state index in [9.17, 15) is 5.11 Å². The minimum atomic E-state index is -0.449. The van der Waals surface area contributed by atoms with Gasteiger partial charge in [0.2, 0.25) is 0 Å². The minimum absolute atomic E-state index is 0.421. The van der Waals surface area contributed by atoms with Crippen LogP contribution in [0.25, 0.3) is 0 Å². The summed E-state index contributed by atoms with van der Waals surface area (Å²) >= 11 is 0. The highest BCUT2D eigenvalue weighted by Crippen LogP contribution is 2.27. The van der Waals surface area contributed by atoms with Gasteiger partial charge in [-0.1, -0.05) is 12.1 Å². The lowest BCUT2D eigenvalue weighted by Crippen LogP contribution is -2.02. The fraction of sp³-hybridized carbons (Fsp3) is 0.538. The van der Waals surface area contributed by atoms with E-state index in [-0.39, 0.29) is 0 Å². The molecule has 1 aromatic rings. The number of aliphatic hydroxyl groups is 1. The van der Waals surface area contributed by atoms with Crippen molar-refractivity contribution >= 4 is 0 Å². The van der Waals surface area contributed by atoms with Gasteiger partial charge >= 0.3 is 0 Å². The van der Waals surface area contributed by atoms with Crippen molar-refractivity contribution < 1.29 is 14.6 Å². The molecule has 1 atom stereocenters. The summed E-state index contributed by atoms with van der Waals surface area (Å²) in [6.45, 7) is 0.571. The predicted molar refractivity (Wildman–Crippen MR) is 61.5 cm³/mol. The summed E-state index contributed by atoms with van der Waals surface area (Å²) in [4.78, 5) is 0. The zero-order valence-electron chi connectivity index (χ0n) is 9.56. The van der Waals surface area contributed by atoms with Crippen molar-refractivity contribution in [3.63, 3.8) is 0 Å². The number of rotatable bonds is 6. The lowest BCUT2D eigenvalue weighted by molar-refractivity contribution is 0.110. The van der Waals surface area contributed by atoms with Crippen LogP contribution < -0.4 is 4.74 Å². The van der Waals surface area contributed by atoms with Crippen LogP contribution in [0.3, 0.4) is 0 Å². The molecule has 0 bridgehead atoms. The van der Waals surface area contributed by atoms with E-state index in [1.807, 2.05) is 24.3 Å². The molecule has 1 unspecified atom stereocenters. The fourth-order valence-electron chi connectivity index (χ4n) is 1.54. The molecule has 0 saturated heterocycles. The summed E-state index contributed by atoms with van der Waals surface area (Å²) in [5.41, 5.74) is 0.917. The highest BCUT2D eigenvalue weighted by atomic mass is 16.5. The van der Waals surface area contributed by atoms with Gasteiger partial charge in [-0.2, -0.15) is 0 Å². The summed E-state index contributed by atoms with van der Waals surface area (Å²) in [6.07, 6.45) is 2.93. The molecule has 1 aliphatic carbocycles. The van der Waals surface area contributed by atoms with E-state index in [0.717, 1.165) is 24.2 Å². The Morgan fingerprint density at radius 1 is 1.31 bits per heavy atom. The second-order valence-corrected chi connectivity index (χ2v) is 4.18. The second-order valence-electron chi connectivity index (χ2n) is 4.18. The molecule has 0 aliphatic heterocycles. The van der Waals surface area contributed by atoms with Gasteiger partial charge in [-0.05, 0) is 30.5 Å². The Hall–Kier alpha value is -1.06. The maximum absolute atomic E-state index is 9.82. The zero-order valence-corrected chi connectivity index (χ0v) is 9.56. The molecule has 3 heteroatoms. The third kappa shape index (κ3) is 3.22. The lowest BCUT2D eigenvalue weighted by Gasteiger charge is -2.11. The van der Waals surface area contributed by atoms with Gasteiger partial charge in [0.25, 0.3) is 0 Å². The van der Waals surface area contributed by atoms with E-state index in [0.29, 0.717) is 19.1 Å². The first-order chi connectivity index (χ1) is 7.79. The predicted octanol–water partition coefficient (Wildman–Crippen LogP) is 2.30. The Bertz CT molecular complexity index is 316. The molecule has 1 aromatic carbocycles. The molecule has 0 aromatic heterocycles. The van der Waals surface area contributed by atoms with Crippen molar-refractivity contribution in [3.8, 4) is 5.75 Å². The summed E-state index contributed by atoms with van der Waals surface area (Å²) in [5, 5.41) is 9.82. The summed E-state index contributed by atoms with van der Waals surface area (Å²) in [5.74, 6) is 0.894. The molecule has 0 amide bonds. The number of aliphatic hydroxyl groups excluding tert-OH is 1. The van der Waals surface area contributed by atoms with Gasteiger partial charge in [-0.3, -0.25) is 0 Å². The highest BCUT2D eigenvalue weighted by Gasteiger charge is 2.23.